The molecule has 6 heteroatoms. The minimum Gasteiger partial charge on any atom is -0.481 e. The van der Waals surface area contributed by atoms with Gasteiger partial charge in [0.2, 0.25) is 0 Å². The molecule has 120 valence electrons. The summed E-state index contributed by atoms with van der Waals surface area (Å²) < 4.78 is 0. The topological polar surface area (TPSA) is 78.4 Å². The number of nitrogens with one attached hydrogen (secondary N) is 1. The first kappa shape index (κ1) is 15.3. The number of aliphatic carboxylic acids is 1. The molecule has 1 aliphatic rings. The Morgan fingerprint density at radius 1 is 1.26 bits per heavy atom. The zero-order chi connectivity index (χ0) is 16.2. The van der Waals surface area contributed by atoms with Gasteiger partial charge in [0.15, 0.2) is 0 Å². The summed E-state index contributed by atoms with van der Waals surface area (Å²) in [5.74, 6) is 0.636. The van der Waals surface area contributed by atoms with Crippen molar-refractivity contribution in [1.82, 2.24) is 9.97 Å². The molecular formula is C17H20N4O2. The standard InChI is InChI=1S/C17H20N4O2/c1-12-4-2-3-5-14(12)20-15-10-16(19-11-18-15)21-8-6-13(7-9-21)17(22)23/h2-5,10-11,13H,6-9H2,1H3,(H,22,23)(H,18,19,20). The summed E-state index contributed by atoms with van der Waals surface area (Å²) in [7, 11) is 0. The maximum absolute atomic E-state index is 11.0. The highest BCUT2D eigenvalue weighted by molar-refractivity contribution is 5.70. The fourth-order valence-electron chi connectivity index (χ4n) is 2.80. The van der Waals surface area contributed by atoms with Gasteiger partial charge in [-0.3, -0.25) is 4.79 Å². The Morgan fingerprint density at radius 2 is 2.00 bits per heavy atom. The van der Waals surface area contributed by atoms with E-state index in [0.29, 0.717) is 25.9 Å². The number of aromatic nitrogens is 2. The number of carbonyl (C=O) groups is 1. The largest absolute Gasteiger partial charge is 0.481 e. The SMILES string of the molecule is Cc1ccccc1Nc1cc(N2CCC(C(=O)O)CC2)ncn1. The van der Waals surface area contributed by atoms with Crippen LogP contribution in [0.2, 0.25) is 0 Å². The molecule has 1 aliphatic heterocycles. The fraction of sp³-hybridized carbons (Fsp3) is 0.353. The molecule has 0 radical (unpaired) electrons. The van der Waals surface area contributed by atoms with Crippen molar-refractivity contribution in [1.29, 1.82) is 0 Å². The molecule has 0 atom stereocenters. The van der Waals surface area contributed by atoms with Gasteiger partial charge in [-0.2, -0.15) is 0 Å². The highest BCUT2D eigenvalue weighted by atomic mass is 16.4. The number of hydrogen-bond donors (Lipinski definition) is 2. The van der Waals surface area contributed by atoms with Gasteiger partial charge in [-0.15, -0.1) is 0 Å². The van der Waals surface area contributed by atoms with Crippen LogP contribution in [-0.4, -0.2) is 34.1 Å². The van der Waals surface area contributed by atoms with Gasteiger partial charge in [0.05, 0.1) is 5.92 Å². The summed E-state index contributed by atoms with van der Waals surface area (Å²) in [5, 5.41) is 12.4. The van der Waals surface area contributed by atoms with E-state index in [9.17, 15) is 4.79 Å². The van der Waals surface area contributed by atoms with E-state index in [1.165, 1.54) is 0 Å². The van der Waals surface area contributed by atoms with E-state index in [0.717, 1.165) is 22.9 Å². The molecule has 23 heavy (non-hydrogen) atoms. The van der Waals surface area contributed by atoms with Gasteiger partial charge < -0.3 is 15.3 Å². The van der Waals surface area contributed by atoms with E-state index in [1.807, 2.05) is 37.3 Å². The number of piperidine rings is 1. The Labute approximate surface area is 135 Å². The number of rotatable bonds is 4. The summed E-state index contributed by atoms with van der Waals surface area (Å²) in [6.07, 6.45) is 2.85. The smallest absolute Gasteiger partial charge is 0.306 e. The molecule has 2 N–H and O–H groups in total. The number of nitrogens with zero attached hydrogens (tertiary/aromatic N) is 3. The van der Waals surface area contributed by atoms with Gasteiger partial charge >= 0.3 is 5.97 Å². The number of hydrogen-bond acceptors (Lipinski definition) is 5. The molecule has 1 saturated heterocycles. The minimum atomic E-state index is -0.700. The third kappa shape index (κ3) is 3.59. The number of benzene rings is 1. The van der Waals surface area contributed by atoms with Crippen molar-refractivity contribution >= 4 is 23.3 Å². The molecule has 0 bridgehead atoms. The summed E-state index contributed by atoms with van der Waals surface area (Å²) in [4.78, 5) is 21.7. The van der Waals surface area contributed by atoms with Gasteiger partial charge in [0, 0.05) is 24.8 Å². The van der Waals surface area contributed by atoms with Gasteiger partial charge in [-0.25, -0.2) is 9.97 Å². The zero-order valence-corrected chi connectivity index (χ0v) is 13.1. The number of aryl methyl sites for hydroxylation is 1. The molecule has 0 aliphatic carbocycles. The normalized spacial score (nSPS) is 15.4. The first-order valence-corrected chi connectivity index (χ1v) is 7.76. The van der Waals surface area contributed by atoms with Crippen molar-refractivity contribution in [3.05, 3.63) is 42.2 Å². The van der Waals surface area contributed by atoms with E-state index in [4.69, 9.17) is 5.11 Å². The van der Waals surface area contributed by atoms with Crippen molar-refractivity contribution in [2.75, 3.05) is 23.3 Å². The van der Waals surface area contributed by atoms with Crippen LogP contribution in [0, 0.1) is 12.8 Å². The van der Waals surface area contributed by atoms with Crippen molar-refractivity contribution < 1.29 is 9.90 Å². The first-order chi connectivity index (χ1) is 11.1. The van der Waals surface area contributed by atoms with Crippen LogP contribution in [0.4, 0.5) is 17.3 Å². The first-order valence-electron chi connectivity index (χ1n) is 7.76. The lowest BCUT2D eigenvalue weighted by atomic mass is 9.97. The van der Waals surface area contributed by atoms with E-state index in [-0.39, 0.29) is 5.92 Å². The summed E-state index contributed by atoms with van der Waals surface area (Å²) >= 11 is 0. The highest BCUT2D eigenvalue weighted by Gasteiger charge is 2.25. The number of anilines is 3. The van der Waals surface area contributed by atoms with Crippen molar-refractivity contribution in [3.63, 3.8) is 0 Å². The summed E-state index contributed by atoms with van der Waals surface area (Å²) in [6, 6.07) is 9.94. The molecule has 2 heterocycles. The third-order valence-electron chi connectivity index (χ3n) is 4.23. The predicted octanol–water partition coefficient (Wildman–Crippen LogP) is 2.83. The lowest BCUT2D eigenvalue weighted by molar-refractivity contribution is -0.142. The van der Waals surface area contributed by atoms with Crippen LogP contribution in [0.15, 0.2) is 36.7 Å². The fourth-order valence-corrected chi connectivity index (χ4v) is 2.80. The molecule has 6 nitrogen and oxygen atoms in total. The van der Waals surface area contributed by atoms with E-state index >= 15 is 0 Å². The average molecular weight is 312 g/mol. The zero-order valence-electron chi connectivity index (χ0n) is 13.1. The highest BCUT2D eigenvalue weighted by Crippen LogP contribution is 2.24. The number of carboxylic acid groups (broad SMARTS) is 1. The molecule has 2 aromatic rings. The second-order valence-corrected chi connectivity index (χ2v) is 5.80. The molecule has 0 saturated carbocycles. The van der Waals surface area contributed by atoms with Crippen LogP contribution in [0.25, 0.3) is 0 Å². The Morgan fingerprint density at radius 3 is 2.70 bits per heavy atom. The Hall–Kier alpha value is -2.63. The van der Waals surface area contributed by atoms with Crippen molar-refractivity contribution in [2.24, 2.45) is 5.92 Å². The van der Waals surface area contributed by atoms with Gasteiger partial charge in [-0.1, -0.05) is 18.2 Å². The van der Waals surface area contributed by atoms with Crippen LogP contribution < -0.4 is 10.2 Å². The maximum Gasteiger partial charge on any atom is 0.306 e. The second kappa shape index (κ2) is 6.64. The van der Waals surface area contributed by atoms with Crippen LogP contribution in [-0.2, 0) is 4.79 Å². The van der Waals surface area contributed by atoms with Crippen LogP contribution in [0.5, 0.6) is 0 Å². The van der Waals surface area contributed by atoms with Gasteiger partial charge in [-0.05, 0) is 31.4 Å². The Kier molecular flexibility index (Phi) is 4.41. The van der Waals surface area contributed by atoms with E-state index in [1.54, 1.807) is 6.33 Å². The second-order valence-electron chi connectivity index (χ2n) is 5.80. The molecule has 3 rings (SSSR count). The molecule has 1 aromatic carbocycles. The third-order valence-corrected chi connectivity index (χ3v) is 4.23. The lowest BCUT2D eigenvalue weighted by Gasteiger charge is -2.31. The van der Waals surface area contributed by atoms with Gasteiger partial charge in [0.1, 0.15) is 18.0 Å². The Bertz CT molecular complexity index is 696. The van der Waals surface area contributed by atoms with E-state index < -0.39 is 5.97 Å². The van der Waals surface area contributed by atoms with Crippen molar-refractivity contribution in [2.45, 2.75) is 19.8 Å². The average Bonchev–Trinajstić information content (AvgIpc) is 2.57. The van der Waals surface area contributed by atoms with Crippen molar-refractivity contribution in [3.8, 4) is 0 Å². The maximum atomic E-state index is 11.0. The van der Waals surface area contributed by atoms with Crippen LogP contribution in [0.3, 0.4) is 0 Å². The van der Waals surface area contributed by atoms with Crippen LogP contribution >= 0.6 is 0 Å². The molecular weight excluding hydrogens is 292 g/mol. The lowest BCUT2D eigenvalue weighted by Crippen LogP contribution is -2.36. The Balaban J connectivity index is 1.71. The molecule has 1 fully saturated rings. The summed E-state index contributed by atoms with van der Waals surface area (Å²) in [5.41, 5.74) is 2.16. The molecule has 1 aromatic heterocycles. The number of para-hydroxylation sites is 1. The number of carboxylic acids is 1. The summed E-state index contributed by atoms with van der Waals surface area (Å²) in [6.45, 7) is 3.46. The van der Waals surface area contributed by atoms with Gasteiger partial charge in [0.25, 0.3) is 0 Å². The molecule has 0 amide bonds. The predicted molar refractivity (Wildman–Crippen MR) is 89.1 cm³/mol. The minimum absolute atomic E-state index is 0.238. The molecule has 0 spiro atoms. The van der Waals surface area contributed by atoms with E-state index in [2.05, 4.69) is 20.2 Å². The monoisotopic (exact) mass is 312 g/mol. The molecule has 0 unspecified atom stereocenters. The quantitative estimate of drug-likeness (QED) is 0.904. The van der Waals surface area contributed by atoms with Crippen LogP contribution in [0.1, 0.15) is 18.4 Å².